The number of para-hydroxylation sites is 2. The number of amides is 1. The van der Waals surface area contributed by atoms with Crippen molar-refractivity contribution >= 4 is 34.4 Å². The van der Waals surface area contributed by atoms with Gasteiger partial charge in [0.1, 0.15) is 11.6 Å². The number of piperidine rings is 1. The van der Waals surface area contributed by atoms with E-state index in [9.17, 15) is 18.0 Å². The summed E-state index contributed by atoms with van der Waals surface area (Å²) in [5, 5.41) is 2.96. The second-order valence-electron chi connectivity index (χ2n) is 7.88. The summed E-state index contributed by atoms with van der Waals surface area (Å²) in [5.74, 6) is 1.05. The molecule has 0 radical (unpaired) electrons. The number of nitrogens with one attached hydrogen (secondary N) is 1. The van der Waals surface area contributed by atoms with Gasteiger partial charge in [-0.3, -0.25) is 4.79 Å². The van der Waals surface area contributed by atoms with Crippen LogP contribution in [0.2, 0.25) is 5.02 Å². The number of rotatable bonds is 5. The summed E-state index contributed by atoms with van der Waals surface area (Å²) in [7, 11) is 0. The summed E-state index contributed by atoms with van der Waals surface area (Å²) >= 11 is 6.05. The number of imidazole rings is 1. The minimum absolute atomic E-state index is 0.0156. The Balaban J connectivity index is 1.30. The Morgan fingerprint density at radius 1 is 1.25 bits per heavy atom. The third kappa shape index (κ3) is 4.67. The van der Waals surface area contributed by atoms with Gasteiger partial charge in [0.15, 0.2) is 0 Å². The molecule has 1 saturated heterocycles. The van der Waals surface area contributed by atoms with E-state index in [1.165, 1.54) is 0 Å². The van der Waals surface area contributed by atoms with Crippen LogP contribution in [0.1, 0.15) is 24.2 Å². The van der Waals surface area contributed by atoms with Crippen LogP contribution in [0.4, 0.5) is 19.0 Å². The first kappa shape index (κ1) is 22.4. The zero-order chi connectivity index (χ0) is 22.9. The van der Waals surface area contributed by atoms with E-state index in [4.69, 9.17) is 11.6 Å². The number of hydrogen-bond acceptors (Lipinski definition) is 4. The van der Waals surface area contributed by atoms with Gasteiger partial charge in [-0.05, 0) is 38.0 Å². The van der Waals surface area contributed by atoms with Crippen molar-refractivity contribution in [2.24, 2.45) is 5.92 Å². The van der Waals surface area contributed by atoms with Gasteiger partial charge in [0.25, 0.3) is 0 Å². The molecule has 0 unspecified atom stereocenters. The molecule has 10 heteroatoms. The molecule has 1 aliphatic heterocycles. The van der Waals surface area contributed by atoms with E-state index in [1.54, 1.807) is 0 Å². The van der Waals surface area contributed by atoms with E-state index < -0.39 is 11.7 Å². The number of alkyl halides is 3. The molecule has 0 atom stereocenters. The molecule has 1 N–H and O–H groups in total. The lowest BCUT2D eigenvalue weighted by Gasteiger charge is -2.32. The maximum absolute atomic E-state index is 12.8. The van der Waals surface area contributed by atoms with Gasteiger partial charge in [0, 0.05) is 38.3 Å². The molecule has 2 aromatic heterocycles. The maximum Gasteiger partial charge on any atom is 0.417 e. The number of fused-ring (bicyclic) bond motifs is 1. The maximum atomic E-state index is 12.8. The van der Waals surface area contributed by atoms with E-state index >= 15 is 0 Å². The van der Waals surface area contributed by atoms with Gasteiger partial charge in [-0.25, -0.2) is 9.97 Å². The average Bonchev–Trinajstić information content (AvgIpc) is 3.08. The molecular weight excluding hydrogens is 443 g/mol. The van der Waals surface area contributed by atoms with Gasteiger partial charge in [-0.15, -0.1) is 0 Å². The van der Waals surface area contributed by atoms with Crippen molar-refractivity contribution in [2.75, 3.05) is 24.5 Å². The molecule has 3 aromatic rings. The lowest BCUT2D eigenvalue weighted by atomic mass is 9.96. The molecule has 0 saturated carbocycles. The van der Waals surface area contributed by atoms with Crippen molar-refractivity contribution in [3.63, 3.8) is 0 Å². The van der Waals surface area contributed by atoms with Crippen molar-refractivity contribution in [1.29, 1.82) is 0 Å². The smallest absolute Gasteiger partial charge is 0.355 e. The topological polar surface area (TPSA) is 63.1 Å². The van der Waals surface area contributed by atoms with Crippen molar-refractivity contribution < 1.29 is 18.0 Å². The lowest BCUT2D eigenvalue weighted by Crippen LogP contribution is -2.41. The first-order valence-corrected chi connectivity index (χ1v) is 10.8. The Morgan fingerprint density at radius 3 is 2.66 bits per heavy atom. The number of nitrogens with zero attached hydrogens (tertiary/aromatic N) is 4. The molecule has 0 spiro atoms. The number of carbonyl (C=O) groups excluding carboxylic acids is 1. The Morgan fingerprint density at radius 2 is 1.97 bits per heavy atom. The van der Waals surface area contributed by atoms with Crippen LogP contribution < -0.4 is 10.2 Å². The predicted octanol–water partition coefficient (Wildman–Crippen LogP) is 4.44. The number of aromatic nitrogens is 3. The highest BCUT2D eigenvalue weighted by atomic mass is 35.5. The van der Waals surface area contributed by atoms with E-state index in [2.05, 4.69) is 19.9 Å². The van der Waals surface area contributed by atoms with Gasteiger partial charge in [-0.2, -0.15) is 13.2 Å². The van der Waals surface area contributed by atoms with Crippen molar-refractivity contribution in [3.05, 3.63) is 52.9 Å². The molecule has 3 heterocycles. The summed E-state index contributed by atoms with van der Waals surface area (Å²) in [6.07, 6.45) is -2.53. The molecule has 1 fully saturated rings. The number of hydrogen-bond donors (Lipinski definition) is 1. The first-order valence-electron chi connectivity index (χ1n) is 10.4. The van der Waals surface area contributed by atoms with Crippen molar-refractivity contribution in [2.45, 2.75) is 32.5 Å². The molecule has 1 amide bonds. The van der Waals surface area contributed by atoms with Crippen molar-refractivity contribution in [1.82, 2.24) is 19.9 Å². The van der Waals surface area contributed by atoms with Crippen LogP contribution in [-0.2, 0) is 17.5 Å². The summed E-state index contributed by atoms with van der Waals surface area (Å²) in [5.41, 5.74) is 1.09. The van der Waals surface area contributed by atoms with E-state index in [-0.39, 0.29) is 16.8 Å². The first-order chi connectivity index (χ1) is 15.2. The number of aryl methyl sites for hydroxylation is 1. The van der Waals surface area contributed by atoms with Gasteiger partial charge >= 0.3 is 6.18 Å². The van der Waals surface area contributed by atoms with Gasteiger partial charge in [0.2, 0.25) is 5.91 Å². The second kappa shape index (κ2) is 8.97. The molecule has 4 rings (SSSR count). The Bertz CT molecular complexity index is 1120. The van der Waals surface area contributed by atoms with Gasteiger partial charge < -0.3 is 14.8 Å². The summed E-state index contributed by atoms with van der Waals surface area (Å²) < 4.78 is 40.5. The SMILES string of the molecule is Cc1nc2ccccc2n1CCNC(=O)C1CCN(c2ncc(C(F)(F)F)cc2Cl)CC1. The van der Waals surface area contributed by atoms with Crippen LogP contribution in [-0.4, -0.2) is 40.1 Å². The van der Waals surface area contributed by atoms with E-state index in [0.29, 0.717) is 44.8 Å². The van der Waals surface area contributed by atoms with Crippen LogP contribution in [0, 0.1) is 12.8 Å². The molecule has 0 bridgehead atoms. The number of anilines is 1. The number of carbonyl (C=O) groups is 1. The monoisotopic (exact) mass is 465 g/mol. The van der Waals surface area contributed by atoms with Crippen molar-refractivity contribution in [3.8, 4) is 0 Å². The van der Waals surface area contributed by atoms with Crippen LogP contribution in [0.25, 0.3) is 11.0 Å². The summed E-state index contributed by atoms with van der Waals surface area (Å²) in [6, 6.07) is 8.77. The minimum Gasteiger partial charge on any atom is -0.355 e. The van der Waals surface area contributed by atoms with Crippen LogP contribution in [0.5, 0.6) is 0 Å². The molecule has 6 nitrogen and oxygen atoms in total. The number of halogens is 4. The molecule has 0 aliphatic carbocycles. The van der Waals surface area contributed by atoms with Crippen LogP contribution >= 0.6 is 11.6 Å². The zero-order valence-corrected chi connectivity index (χ0v) is 18.2. The summed E-state index contributed by atoms with van der Waals surface area (Å²) in [4.78, 5) is 22.9. The molecule has 170 valence electrons. The summed E-state index contributed by atoms with van der Waals surface area (Å²) in [6.45, 7) is 4.06. The number of benzene rings is 1. The third-order valence-corrected chi connectivity index (χ3v) is 6.07. The normalized spacial score (nSPS) is 15.3. The fourth-order valence-corrected chi connectivity index (χ4v) is 4.37. The third-order valence-electron chi connectivity index (χ3n) is 5.79. The van der Waals surface area contributed by atoms with Gasteiger partial charge in [0.05, 0.1) is 21.6 Å². The average molecular weight is 466 g/mol. The van der Waals surface area contributed by atoms with Crippen LogP contribution in [0.3, 0.4) is 0 Å². The second-order valence-corrected chi connectivity index (χ2v) is 8.29. The van der Waals surface area contributed by atoms with E-state index in [0.717, 1.165) is 29.1 Å². The van der Waals surface area contributed by atoms with Crippen LogP contribution in [0.15, 0.2) is 36.5 Å². The molecule has 32 heavy (non-hydrogen) atoms. The fraction of sp³-hybridized carbons (Fsp3) is 0.409. The predicted molar refractivity (Wildman–Crippen MR) is 117 cm³/mol. The molecular formula is C22H23ClF3N5O. The van der Waals surface area contributed by atoms with Gasteiger partial charge in [-0.1, -0.05) is 23.7 Å². The lowest BCUT2D eigenvalue weighted by molar-refractivity contribution is -0.137. The molecule has 1 aliphatic rings. The highest BCUT2D eigenvalue weighted by Gasteiger charge is 2.33. The standard InChI is InChI=1S/C22H23ClF3N5O/c1-14-29-18-4-2-3-5-19(18)31(14)11-8-27-21(32)15-6-9-30(10-7-15)20-17(23)12-16(13-28-20)22(24,25)26/h2-5,12-13,15H,6-11H2,1H3,(H,27,32). The Kier molecular flexibility index (Phi) is 6.28. The zero-order valence-electron chi connectivity index (χ0n) is 17.5. The Hall–Kier alpha value is -2.81. The fourth-order valence-electron chi connectivity index (χ4n) is 4.09. The number of pyridine rings is 1. The largest absolute Gasteiger partial charge is 0.417 e. The van der Waals surface area contributed by atoms with E-state index in [1.807, 2.05) is 36.1 Å². The Labute approximate surface area is 188 Å². The molecule has 1 aromatic carbocycles. The highest BCUT2D eigenvalue weighted by Crippen LogP contribution is 2.34. The highest BCUT2D eigenvalue weighted by molar-refractivity contribution is 6.33. The quantitative estimate of drug-likeness (QED) is 0.605. The minimum atomic E-state index is -4.48.